The number of aromatic nitrogens is 1. The normalized spacial score (nSPS) is 16.3. The van der Waals surface area contributed by atoms with Crippen molar-refractivity contribution in [1.29, 1.82) is 0 Å². The van der Waals surface area contributed by atoms with E-state index in [0.717, 1.165) is 43.4 Å². The van der Waals surface area contributed by atoms with Crippen molar-refractivity contribution < 1.29 is 0 Å². The van der Waals surface area contributed by atoms with Gasteiger partial charge in [0, 0.05) is 18.5 Å². The summed E-state index contributed by atoms with van der Waals surface area (Å²) >= 11 is 0. The molecule has 0 spiro atoms. The average Bonchev–Trinajstić information content (AvgIpc) is 2.53. The Balaban J connectivity index is 1.86. The first-order valence-corrected chi connectivity index (χ1v) is 8.10. The van der Waals surface area contributed by atoms with E-state index in [1.807, 2.05) is 0 Å². The molecule has 1 aromatic heterocycles. The summed E-state index contributed by atoms with van der Waals surface area (Å²) in [5.74, 6) is 1.95. The van der Waals surface area contributed by atoms with Crippen LogP contribution in [0.1, 0.15) is 25.3 Å². The van der Waals surface area contributed by atoms with Gasteiger partial charge in [0.25, 0.3) is 0 Å². The fraction of sp³-hybridized carbons (Fsp3) is 0.500. The standard InChI is InChI=1S/C18H25N3/c1-3-21(13-15-8-10-19-11-9-15)18-14(2)12-16-6-4-5-7-17(16)20-18/h4-7,12,15,19H,3,8-11,13H2,1-2H3. The van der Waals surface area contributed by atoms with Gasteiger partial charge in [-0.2, -0.15) is 0 Å². The summed E-state index contributed by atoms with van der Waals surface area (Å²) in [7, 11) is 0. The fourth-order valence-corrected chi connectivity index (χ4v) is 3.27. The van der Waals surface area contributed by atoms with E-state index in [1.165, 1.54) is 23.8 Å². The molecule has 0 atom stereocenters. The minimum absolute atomic E-state index is 0.791. The average molecular weight is 283 g/mol. The molecule has 2 aromatic rings. The van der Waals surface area contributed by atoms with Gasteiger partial charge in [0.1, 0.15) is 5.82 Å². The zero-order valence-corrected chi connectivity index (χ0v) is 13.1. The Morgan fingerprint density at radius 1 is 1.24 bits per heavy atom. The van der Waals surface area contributed by atoms with E-state index in [2.05, 4.69) is 54.4 Å². The van der Waals surface area contributed by atoms with Gasteiger partial charge < -0.3 is 10.2 Å². The van der Waals surface area contributed by atoms with Crippen LogP contribution in [0.5, 0.6) is 0 Å². The number of hydrogen-bond donors (Lipinski definition) is 1. The molecule has 0 unspecified atom stereocenters. The van der Waals surface area contributed by atoms with E-state index in [0.29, 0.717) is 0 Å². The third kappa shape index (κ3) is 3.18. The summed E-state index contributed by atoms with van der Waals surface area (Å²) in [6.45, 7) is 8.89. The molecule has 0 aliphatic carbocycles. The number of piperidine rings is 1. The summed E-state index contributed by atoms with van der Waals surface area (Å²) in [5.41, 5.74) is 2.38. The maximum absolute atomic E-state index is 4.92. The predicted octanol–water partition coefficient (Wildman–Crippen LogP) is 3.37. The van der Waals surface area contributed by atoms with Crippen molar-refractivity contribution in [1.82, 2.24) is 10.3 Å². The Bertz CT molecular complexity index is 602. The number of nitrogens with zero attached hydrogens (tertiary/aromatic N) is 2. The third-order valence-electron chi connectivity index (χ3n) is 4.51. The van der Waals surface area contributed by atoms with Crippen molar-refractivity contribution in [3.05, 3.63) is 35.9 Å². The van der Waals surface area contributed by atoms with Gasteiger partial charge in [-0.05, 0) is 63.4 Å². The molecule has 21 heavy (non-hydrogen) atoms. The zero-order chi connectivity index (χ0) is 14.7. The molecule has 0 amide bonds. The van der Waals surface area contributed by atoms with Gasteiger partial charge in [0.2, 0.25) is 0 Å². The van der Waals surface area contributed by atoms with Gasteiger partial charge in [-0.25, -0.2) is 4.98 Å². The van der Waals surface area contributed by atoms with E-state index >= 15 is 0 Å². The second-order valence-corrected chi connectivity index (χ2v) is 6.05. The lowest BCUT2D eigenvalue weighted by Crippen LogP contribution is -2.36. The Morgan fingerprint density at radius 3 is 2.76 bits per heavy atom. The van der Waals surface area contributed by atoms with E-state index in [-0.39, 0.29) is 0 Å². The molecular weight excluding hydrogens is 258 g/mol. The van der Waals surface area contributed by atoms with E-state index in [1.54, 1.807) is 0 Å². The van der Waals surface area contributed by atoms with Crippen molar-refractivity contribution in [3.63, 3.8) is 0 Å². The lowest BCUT2D eigenvalue weighted by Gasteiger charge is -2.31. The molecule has 0 saturated carbocycles. The van der Waals surface area contributed by atoms with Gasteiger partial charge >= 0.3 is 0 Å². The van der Waals surface area contributed by atoms with E-state index in [9.17, 15) is 0 Å². The first-order valence-electron chi connectivity index (χ1n) is 8.10. The number of hydrogen-bond acceptors (Lipinski definition) is 3. The van der Waals surface area contributed by atoms with Gasteiger partial charge in [0.05, 0.1) is 5.52 Å². The lowest BCUT2D eigenvalue weighted by atomic mass is 9.97. The van der Waals surface area contributed by atoms with Gasteiger partial charge in [-0.3, -0.25) is 0 Å². The summed E-state index contributed by atoms with van der Waals surface area (Å²) in [6, 6.07) is 10.7. The first-order chi connectivity index (χ1) is 10.3. The summed E-state index contributed by atoms with van der Waals surface area (Å²) in [4.78, 5) is 7.38. The second-order valence-electron chi connectivity index (χ2n) is 6.05. The molecule has 0 radical (unpaired) electrons. The minimum atomic E-state index is 0.791. The number of nitrogens with one attached hydrogen (secondary N) is 1. The fourth-order valence-electron chi connectivity index (χ4n) is 3.27. The number of pyridine rings is 1. The SMILES string of the molecule is CCN(CC1CCNCC1)c1nc2ccccc2cc1C. The largest absolute Gasteiger partial charge is 0.356 e. The molecule has 3 rings (SSSR count). The summed E-state index contributed by atoms with van der Waals surface area (Å²) in [6.07, 6.45) is 2.56. The van der Waals surface area contributed by atoms with Crippen LogP contribution >= 0.6 is 0 Å². The number of rotatable bonds is 4. The molecule has 1 N–H and O–H groups in total. The highest BCUT2D eigenvalue weighted by Crippen LogP contribution is 2.25. The molecule has 1 aliphatic rings. The van der Waals surface area contributed by atoms with Crippen LogP contribution in [0, 0.1) is 12.8 Å². The zero-order valence-electron chi connectivity index (χ0n) is 13.1. The Morgan fingerprint density at radius 2 is 2.00 bits per heavy atom. The Kier molecular flexibility index (Phi) is 4.39. The van der Waals surface area contributed by atoms with Crippen LogP contribution < -0.4 is 10.2 Å². The quantitative estimate of drug-likeness (QED) is 0.932. The molecule has 3 nitrogen and oxygen atoms in total. The van der Waals surface area contributed by atoms with Crippen LogP contribution in [0.2, 0.25) is 0 Å². The van der Waals surface area contributed by atoms with Crippen LogP contribution in [0.4, 0.5) is 5.82 Å². The topological polar surface area (TPSA) is 28.2 Å². The van der Waals surface area contributed by atoms with Crippen LogP contribution in [-0.2, 0) is 0 Å². The molecule has 1 aromatic carbocycles. The molecule has 1 saturated heterocycles. The lowest BCUT2D eigenvalue weighted by molar-refractivity contribution is 0.374. The van der Waals surface area contributed by atoms with Gasteiger partial charge in [-0.15, -0.1) is 0 Å². The smallest absolute Gasteiger partial charge is 0.132 e. The van der Waals surface area contributed by atoms with Crippen molar-refractivity contribution >= 4 is 16.7 Å². The monoisotopic (exact) mass is 283 g/mol. The first kappa shape index (κ1) is 14.3. The maximum atomic E-state index is 4.92. The number of aryl methyl sites for hydroxylation is 1. The summed E-state index contributed by atoms with van der Waals surface area (Å²) in [5, 5.41) is 4.68. The van der Waals surface area contributed by atoms with E-state index in [4.69, 9.17) is 4.98 Å². The molecular formula is C18H25N3. The van der Waals surface area contributed by atoms with Crippen LogP contribution in [0.25, 0.3) is 10.9 Å². The predicted molar refractivity (Wildman–Crippen MR) is 90.0 cm³/mol. The molecule has 3 heteroatoms. The molecule has 2 heterocycles. The van der Waals surface area contributed by atoms with Crippen molar-refractivity contribution in [2.45, 2.75) is 26.7 Å². The minimum Gasteiger partial charge on any atom is -0.356 e. The molecule has 112 valence electrons. The van der Waals surface area contributed by atoms with Crippen molar-refractivity contribution in [3.8, 4) is 0 Å². The van der Waals surface area contributed by atoms with Crippen LogP contribution in [-0.4, -0.2) is 31.2 Å². The number of benzene rings is 1. The van der Waals surface area contributed by atoms with E-state index < -0.39 is 0 Å². The molecule has 1 fully saturated rings. The van der Waals surface area contributed by atoms with Crippen LogP contribution in [0.15, 0.2) is 30.3 Å². The molecule has 0 bridgehead atoms. The second kappa shape index (κ2) is 6.44. The number of para-hydroxylation sites is 1. The van der Waals surface area contributed by atoms with Gasteiger partial charge in [0.15, 0.2) is 0 Å². The molecule has 1 aliphatic heterocycles. The van der Waals surface area contributed by atoms with Crippen molar-refractivity contribution in [2.24, 2.45) is 5.92 Å². The number of fused-ring (bicyclic) bond motifs is 1. The van der Waals surface area contributed by atoms with Crippen molar-refractivity contribution in [2.75, 3.05) is 31.1 Å². The highest BCUT2D eigenvalue weighted by atomic mass is 15.2. The summed E-state index contributed by atoms with van der Waals surface area (Å²) < 4.78 is 0. The van der Waals surface area contributed by atoms with Gasteiger partial charge in [-0.1, -0.05) is 18.2 Å². The Hall–Kier alpha value is -1.61. The number of anilines is 1. The highest BCUT2D eigenvalue weighted by Gasteiger charge is 2.18. The third-order valence-corrected chi connectivity index (χ3v) is 4.51. The Labute approximate surface area is 127 Å². The van der Waals surface area contributed by atoms with Crippen LogP contribution in [0.3, 0.4) is 0 Å². The highest BCUT2D eigenvalue weighted by molar-refractivity contribution is 5.81. The maximum Gasteiger partial charge on any atom is 0.132 e.